The van der Waals surface area contributed by atoms with Crippen molar-refractivity contribution >= 4 is 11.7 Å². The van der Waals surface area contributed by atoms with Gasteiger partial charge in [0.15, 0.2) is 6.23 Å². The number of ether oxygens (including phenoxy) is 1. The molecule has 0 aromatic rings. The molecule has 2 rings (SSSR count). The first-order valence-electron chi connectivity index (χ1n) is 8.06. The van der Waals surface area contributed by atoms with Crippen LogP contribution in [0.25, 0.3) is 0 Å². The number of rotatable bonds is 5. The molecule has 1 fully saturated rings. The summed E-state index contributed by atoms with van der Waals surface area (Å²) in [6.07, 6.45) is -7.85. The molecule has 1 saturated carbocycles. The molecule has 0 aromatic carbocycles. The van der Waals surface area contributed by atoms with E-state index in [9.17, 15) is 26.7 Å². The number of carbonyl (C=O) groups is 1. The van der Waals surface area contributed by atoms with Gasteiger partial charge in [0.1, 0.15) is 17.9 Å². The highest BCUT2D eigenvalue weighted by atomic mass is 19.4. The van der Waals surface area contributed by atoms with Crippen LogP contribution in [0.5, 0.6) is 0 Å². The van der Waals surface area contributed by atoms with Crippen molar-refractivity contribution in [1.29, 1.82) is 0 Å². The Bertz CT molecular complexity index is 599. The minimum absolute atomic E-state index is 0.000853. The first kappa shape index (κ1) is 20.4. The standard InChI is InChI=1S/C15H21F5N4O2/c16-10(17)6-26-13-14(12(23)25,5-9(21)11(22)24-13)7-1-3-8(4-2-7)15(18,19)20/h5,7-8,10,13H,1-4,6,21H2,(H2,22,24)(H2,23,25). The molecule has 0 aromatic heterocycles. The fourth-order valence-electron chi connectivity index (χ4n) is 3.66. The van der Waals surface area contributed by atoms with Crippen LogP contribution in [-0.4, -0.2) is 37.2 Å². The second-order valence-corrected chi connectivity index (χ2v) is 6.58. The Morgan fingerprint density at radius 1 is 1.27 bits per heavy atom. The van der Waals surface area contributed by atoms with Gasteiger partial charge >= 0.3 is 6.18 Å². The van der Waals surface area contributed by atoms with Gasteiger partial charge in [-0.25, -0.2) is 13.8 Å². The summed E-state index contributed by atoms with van der Waals surface area (Å²) in [7, 11) is 0. The molecule has 0 radical (unpaired) electrons. The number of hydrogen-bond donors (Lipinski definition) is 3. The van der Waals surface area contributed by atoms with Crippen LogP contribution in [0.4, 0.5) is 22.0 Å². The summed E-state index contributed by atoms with van der Waals surface area (Å²) in [5.74, 6) is -3.32. The van der Waals surface area contributed by atoms with Crippen molar-refractivity contribution in [3.05, 3.63) is 11.8 Å². The lowest BCUT2D eigenvalue weighted by molar-refractivity contribution is -0.188. The minimum atomic E-state index is -4.33. The lowest BCUT2D eigenvalue weighted by Gasteiger charge is -2.44. The van der Waals surface area contributed by atoms with Crippen molar-refractivity contribution in [3.63, 3.8) is 0 Å². The van der Waals surface area contributed by atoms with E-state index >= 15 is 0 Å². The maximum Gasteiger partial charge on any atom is 0.391 e. The number of hydrogen-bond acceptors (Lipinski definition) is 5. The van der Waals surface area contributed by atoms with Gasteiger partial charge in [-0.15, -0.1) is 0 Å². The number of nitrogens with zero attached hydrogens (tertiary/aromatic N) is 1. The number of amidine groups is 1. The quantitative estimate of drug-likeness (QED) is 0.625. The molecule has 11 heteroatoms. The van der Waals surface area contributed by atoms with Crippen molar-refractivity contribution in [2.45, 2.75) is 44.5 Å². The summed E-state index contributed by atoms with van der Waals surface area (Å²) in [5.41, 5.74) is 15.0. The van der Waals surface area contributed by atoms with Crippen LogP contribution in [-0.2, 0) is 9.53 Å². The third kappa shape index (κ3) is 3.92. The molecule has 2 atom stereocenters. The molecule has 2 unspecified atom stereocenters. The third-order valence-corrected chi connectivity index (χ3v) is 5.03. The van der Waals surface area contributed by atoms with Gasteiger partial charge in [-0.1, -0.05) is 0 Å². The van der Waals surface area contributed by atoms with Gasteiger partial charge < -0.3 is 21.9 Å². The summed E-state index contributed by atoms with van der Waals surface area (Å²) in [4.78, 5) is 16.2. The zero-order valence-corrected chi connectivity index (χ0v) is 13.8. The number of amides is 1. The van der Waals surface area contributed by atoms with E-state index in [-0.39, 0.29) is 37.2 Å². The van der Waals surface area contributed by atoms with Gasteiger partial charge in [-0.05, 0) is 37.7 Å². The number of aliphatic imine (C=N–C) groups is 1. The predicted octanol–water partition coefficient (Wildman–Crippen LogP) is 1.65. The van der Waals surface area contributed by atoms with E-state index in [1.165, 1.54) is 6.08 Å². The van der Waals surface area contributed by atoms with Crippen LogP contribution in [0, 0.1) is 17.3 Å². The summed E-state index contributed by atoms with van der Waals surface area (Å²) in [6, 6.07) is 0. The molecule has 0 spiro atoms. The number of alkyl halides is 5. The first-order chi connectivity index (χ1) is 12.0. The van der Waals surface area contributed by atoms with Gasteiger partial charge in [0.25, 0.3) is 6.43 Å². The average Bonchev–Trinajstić information content (AvgIpc) is 2.54. The molecule has 2 aliphatic rings. The summed E-state index contributed by atoms with van der Waals surface area (Å²) < 4.78 is 68.8. The highest BCUT2D eigenvalue weighted by Crippen LogP contribution is 2.49. The van der Waals surface area contributed by atoms with Crippen molar-refractivity contribution in [2.24, 2.45) is 39.4 Å². The third-order valence-electron chi connectivity index (χ3n) is 5.03. The number of primary amides is 1. The molecule has 1 heterocycles. The van der Waals surface area contributed by atoms with Crippen LogP contribution in [0.15, 0.2) is 16.8 Å². The zero-order chi connectivity index (χ0) is 19.7. The average molecular weight is 384 g/mol. The molecule has 1 aliphatic carbocycles. The van der Waals surface area contributed by atoms with Gasteiger partial charge in [0.2, 0.25) is 5.91 Å². The monoisotopic (exact) mass is 384 g/mol. The van der Waals surface area contributed by atoms with E-state index in [1.807, 2.05) is 0 Å². The highest BCUT2D eigenvalue weighted by Gasteiger charge is 2.54. The number of carbonyl (C=O) groups excluding carboxylic acids is 1. The Kier molecular flexibility index (Phi) is 5.79. The predicted molar refractivity (Wildman–Crippen MR) is 82.8 cm³/mol. The molecule has 1 amide bonds. The van der Waals surface area contributed by atoms with Crippen LogP contribution in [0.1, 0.15) is 25.7 Å². The van der Waals surface area contributed by atoms with Crippen molar-refractivity contribution in [2.75, 3.05) is 6.61 Å². The summed E-state index contributed by atoms with van der Waals surface area (Å²) in [6.45, 7) is -1.03. The Balaban J connectivity index is 2.32. The van der Waals surface area contributed by atoms with Crippen molar-refractivity contribution in [3.8, 4) is 0 Å². The van der Waals surface area contributed by atoms with E-state index in [0.717, 1.165) is 0 Å². The van der Waals surface area contributed by atoms with Crippen LogP contribution >= 0.6 is 0 Å². The van der Waals surface area contributed by atoms with Crippen molar-refractivity contribution in [1.82, 2.24) is 0 Å². The Morgan fingerprint density at radius 3 is 2.31 bits per heavy atom. The molecular weight excluding hydrogens is 363 g/mol. The van der Waals surface area contributed by atoms with E-state index < -0.39 is 48.6 Å². The van der Waals surface area contributed by atoms with E-state index in [4.69, 9.17) is 21.9 Å². The molecule has 6 nitrogen and oxygen atoms in total. The highest BCUT2D eigenvalue weighted by molar-refractivity contribution is 5.99. The zero-order valence-electron chi connectivity index (χ0n) is 13.8. The van der Waals surface area contributed by atoms with E-state index in [2.05, 4.69) is 4.99 Å². The first-order valence-corrected chi connectivity index (χ1v) is 8.06. The van der Waals surface area contributed by atoms with Gasteiger partial charge in [-0.3, -0.25) is 4.79 Å². The fraction of sp³-hybridized carbons (Fsp3) is 0.733. The maximum atomic E-state index is 12.9. The Labute approximate surface area is 146 Å². The lowest BCUT2D eigenvalue weighted by atomic mass is 9.64. The SMILES string of the molecule is NC(=O)C1(C2CCC(C(F)(F)F)CC2)C=C(N)C(N)=NC1OCC(F)F. The normalized spacial score (nSPS) is 32.9. The summed E-state index contributed by atoms with van der Waals surface area (Å²) in [5, 5.41) is 0. The fourth-order valence-corrected chi connectivity index (χ4v) is 3.66. The molecule has 1 aliphatic heterocycles. The molecule has 26 heavy (non-hydrogen) atoms. The second kappa shape index (κ2) is 7.37. The second-order valence-electron chi connectivity index (χ2n) is 6.58. The van der Waals surface area contributed by atoms with Crippen LogP contribution in [0.2, 0.25) is 0 Å². The van der Waals surface area contributed by atoms with E-state index in [0.29, 0.717) is 0 Å². The minimum Gasteiger partial charge on any atom is -0.396 e. The Morgan fingerprint density at radius 2 is 1.85 bits per heavy atom. The van der Waals surface area contributed by atoms with Gasteiger partial charge in [-0.2, -0.15) is 13.2 Å². The van der Waals surface area contributed by atoms with E-state index in [1.54, 1.807) is 0 Å². The molecule has 6 N–H and O–H groups in total. The van der Waals surface area contributed by atoms with Gasteiger partial charge in [0.05, 0.1) is 11.6 Å². The molecule has 148 valence electrons. The largest absolute Gasteiger partial charge is 0.396 e. The van der Waals surface area contributed by atoms with Crippen LogP contribution < -0.4 is 17.2 Å². The summed E-state index contributed by atoms with van der Waals surface area (Å²) >= 11 is 0. The maximum absolute atomic E-state index is 12.9. The Hall–Kier alpha value is -1.91. The molecule has 0 bridgehead atoms. The number of nitrogens with two attached hydrogens (primary N) is 3. The number of halogens is 5. The smallest absolute Gasteiger partial charge is 0.391 e. The lowest BCUT2D eigenvalue weighted by Crippen LogP contribution is -2.55. The van der Waals surface area contributed by atoms with Crippen LogP contribution in [0.3, 0.4) is 0 Å². The number of dihydropyridines is 1. The van der Waals surface area contributed by atoms with Crippen molar-refractivity contribution < 1.29 is 31.5 Å². The molecule has 0 saturated heterocycles. The van der Waals surface area contributed by atoms with Gasteiger partial charge in [0, 0.05) is 0 Å². The molecular formula is C15H21F5N4O2. The topological polar surface area (TPSA) is 117 Å².